The van der Waals surface area contributed by atoms with Crippen LogP contribution in [0.1, 0.15) is 40.0 Å². The van der Waals surface area contributed by atoms with Gasteiger partial charge in [0.1, 0.15) is 0 Å². The van der Waals surface area contributed by atoms with Crippen LogP contribution in [0, 0.1) is 17.8 Å². The Bertz CT molecular complexity index is 76.0. The Hall–Kier alpha value is 0. The van der Waals surface area contributed by atoms with Gasteiger partial charge in [0.15, 0.2) is 0 Å². The van der Waals surface area contributed by atoms with Crippen LogP contribution in [0.25, 0.3) is 0 Å². The van der Waals surface area contributed by atoms with Crippen LogP contribution in [-0.2, 0) is 0 Å². The Morgan fingerprint density at radius 3 is 1.78 bits per heavy atom. The van der Waals surface area contributed by atoms with Crippen LogP contribution < -0.4 is 0 Å². The van der Waals surface area contributed by atoms with Gasteiger partial charge >= 0.3 is 0 Å². The summed E-state index contributed by atoms with van der Waals surface area (Å²) in [5, 5.41) is 0. The molecule has 54 valence electrons. The fraction of sp³-hybridized carbons (Fsp3) is 1.00. The molecule has 0 aromatic heterocycles. The van der Waals surface area contributed by atoms with E-state index >= 15 is 0 Å². The highest BCUT2D eigenvalue weighted by atomic mass is 14.3. The van der Waals surface area contributed by atoms with E-state index in [0.29, 0.717) is 0 Å². The third-order valence-corrected chi connectivity index (χ3v) is 3.01. The van der Waals surface area contributed by atoms with Gasteiger partial charge in [-0.05, 0) is 17.8 Å². The number of rotatable bonds is 1. The van der Waals surface area contributed by atoms with E-state index in [1.54, 1.807) is 0 Å². The van der Waals surface area contributed by atoms with Crippen molar-refractivity contribution in [2.75, 3.05) is 0 Å². The van der Waals surface area contributed by atoms with Crippen molar-refractivity contribution < 1.29 is 0 Å². The minimum absolute atomic E-state index is 1.00. The summed E-state index contributed by atoms with van der Waals surface area (Å²) in [6.07, 6.45) is 4.34. The molecule has 1 aliphatic carbocycles. The molecule has 0 aromatic carbocycles. The highest BCUT2D eigenvalue weighted by Crippen LogP contribution is 2.38. The van der Waals surface area contributed by atoms with Crippen molar-refractivity contribution in [3.63, 3.8) is 0 Å². The lowest BCUT2D eigenvalue weighted by Crippen LogP contribution is -2.08. The summed E-state index contributed by atoms with van der Waals surface area (Å²) in [7, 11) is 0. The van der Waals surface area contributed by atoms with E-state index in [0.717, 1.165) is 17.8 Å². The predicted octanol–water partition coefficient (Wildman–Crippen LogP) is 3.08. The molecule has 1 saturated carbocycles. The number of hydrogen-bond donors (Lipinski definition) is 0. The Kier molecular flexibility index (Phi) is 2.15. The molecule has 0 aromatic rings. The summed E-state index contributed by atoms with van der Waals surface area (Å²) in [5.41, 5.74) is 0. The lowest BCUT2D eigenvalue weighted by molar-refractivity contribution is 0.336. The highest BCUT2D eigenvalue weighted by Gasteiger charge is 2.27. The zero-order valence-corrected chi connectivity index (χ0v) is 6.85. The van der Waals surface area contributed by atoms with Crippen LogP contribution in [0.5, 0.6) is 0 Å². The molecular weight excluding hydrogens is 108 g/mol. The van der Waals surface area contributed by atoms with E-state index in [9.17, 15) is 0 Å². The van der Waals surface area contributed by atoms with Gasteiger partial charge in [-0.3, -0.25) is 0 Å². The summed E-state index contributed by atoms with van der Waals surface area (Å²) < 4.78 is 0. The average Bonchev–Trinajstić information content (AvgIpc) is 2.12. The fourth-order valence-electron chi connectivity index (χ4n) is 2.32. The molecule has 3 atom stereocenters. The second-order valence-electron chi connectivity index (χ2n) is 3.60. The van der Waals surface area contributed by atoms with Gasteiger partial charge in [-0.1, -0.05) is 40.0 Å². The molecular formula is C9H18. The zero-order chi connectivity index (χ0) is 6.85. The van der Waals surface area contributed by atoms with Crippen molar-refractivity contribution in [2.24, 2.45) is 17.8 Å². The Morgan fingerprint density at radius 2 is 1.56 bits per heavy atom. The van der Waals surface area contributed by atoms with E-state index in [1.165, 1.54) is 19.3 Å². The van der Waals surface area contributed by atoms with Crippen molar-refractivity contribution in [1.82, 2.24) is 0 Å². The van der Waals surface area contributed by atoms with Gasteiger partial charge in [-0.2, -0.15) is 0 Å². The molecule has 0 amide bonds. The fourth-order valence-corrected chi connectivity index (χ4v) is 2.32. The van der Waals surface area contributed by atoms with Crippen molar-refractivity contribution >= 4 is 0 Å². The molecule has 0 radical (unpaired) electrons. The van der Waals surface area contributed by atoms with Crippen LogP contribution in [-0.4, -0.2) is 0 Å². The normalized spacial score (nSPS) is 43.7. The monoisotopic (exact) mass is 126 g/mol. The van der Waals surface area contributed by atoms with E-state index in [-0.39, 0.29) is 0 Å². The second kappa shape index (κ2) is 2.72. The quantitative estimate of drug-likeness (QED) is 0.506. The summed E-state index contributed by atoms with van der Waals surface area (Å²) in [6, 6.07) is 0. The van der Waals surface area contributed by atoms with Crippen molar-refractivity contribution in [1.29, 1.82) is 0 Å². The summed E-state index contributed by atoms with van der Waals surface area (Å²) in [6.45, 7) is 7.12. The van der Waals surface area contributed by atoms with Crippen LogP contribution in [0.4, 0.5) is 0 Å². The lowest BCUT2D eigenvalue weighted by Gasteiger charge is -2.16. The minimum atomic E-state index is 1.00. The van der Waals surface area contributed by atoms with Crippen LogP contribution in [0.2, 0.25) is 0 Å². The third kappa shape index (κ3) is 1.28. The SMILES string of the molecule is CCC1[C@H](C)CC[C@@H]1C. The maximum Gasteiger partial charge on any atom is -0.0365 e. The molecule has 0 heterocycles. The Labute approximate surface area is 58.7 Å². The molecule has 0 bridgehead atoms. The lowest BCUT2D eigenvalue weighted by atomic mass is 9.89. The molecule has 1 rings (SSSR count). The highest BCUT2D eigenvalue weighted by molar-refractivity contribution is 4.78. The molecule has 0 heteroatoms. The predicted molar refractivity (Wildman–Crippen MR) is 41.3 cm³/mol. The van der Waals surface area contributed by atoms with Crippen LogP contribution >= 0.6 is 0 Å². The van der Waals surface area contributed by atoms with Crippen molar-refractivity contribution in [3.8, 4) is 0 Å². The van der Waals surface area contributed by atoms with Gasteiger partial charge in [0.25, 0.3) is 0 Å². The van der Waals surface area contributed by atoms with E-state index < -0.39 is 0 Å². The van der Waals surface area contributed by atoms with E-state index in [4.69, 9.17) is 0 Å². The van der Waals surface area contributed by atoms with E-state index in [1.807, 2.05) is 0 Å². The molecule has 0 spiro atoms. The molecule has 1 fully saturated rings. The Morgan fingerprint density at radius 1 is 1.11 bits per heavy atom. The summed E-state index contributed by atoms with van der Waals surface area (Å²) >= 11 is 0. The minimum Gasteiger partial charge on any atom is -0.0651 e. The largest absolute Gasteiger partial charge is 0.0651 e. The Balaban J connectivity index is 2.44. The molecule has 0 N–H and O–H groups in total. The second-order valence-corrected chi connectivity index (χ2v) is 3.60. The molecule has 9 heavy (non-hydrogen) atoms. The summed E-state index contributed by atoms with van der Waals surface area (Å²) in [4.78, 5) is 0. The molecule has 0 saturated heterocycles. The maximum absolute atomic E-state index is 2.40. The summed E-state index contributed by atoms with van der Waals surface area (Å²) in [5.74, 6) is 3.04. The van der Waals surface area contributed by atoms with Crippen LogP contribution in [0.15, 0.2) is 0 Å². The average molecular weight is 126 g/mol. The van der Waals surface area contributed by atoms with Gasteiger partial charge in [-0.15, -0.1) is 0 Å². The van der Waals surface area contributed by atoms with Crippen molar-refractivity contribution in [3.05, 3.63) is 0 Å². The molecule has 0 nitrogen and oxygen atoms in total. The van der Waals surface area contributed by atoms with Gasteiger partial charge in [0, 0.05) is 0 Å². The first-order valence-electron chi connectivity index (χ1n) is 4.25. The molecule has 1 unspecified atom stereocenters. The van der Waals surface area contributed by atoms with Gasteiger partial charge < -0.3 is 0 Å². The topological polar surface area (TPSA) is 0 Å². The first-order valence-corrected chi connectivity index (χ1v) is 4.25. The van der Waals surface area contributed by atoms with Gasteiger partial charge in [0.2, 0.25) is 0 Å². The van der Waals surface area contributed by atoms with Crippen molar-refractivity contribution in [2.45, 2.75) is 40.0 Å². The molecule has 1 aliphatic rings. The number of hydrogen-bond acceptors (Lipinski definition) is 0. The van der Waals surface area contributed by atoms with Gasteiger partial charge in [0.05, 0.1) is 0 Å². The first kappa shape index (κ1) is 7.11. The standard InChI is InChI=1S/C9H18/c1-4-9-7(2)5-6-8(9)3/h7-9H,4-6H2,1-3H3/t7-,8+,9?. The molecule has 0 aliphatic heterocycles. The smallest absolute Gasteiger partial charge is 0.0365 e. The maximum atomic E-state index is 2.40. The zero-order valence-electron chi connectivity index (χ0n) is 6.85. The third-order valence-electron chi connectivity index (χ3n) is 3.01. The van der Waals surface area contributed by atoms with E-state index in [2.05, 4.69) is 20.8 Å². The van der Waals surface area contributed by atoms with Crippen LogP contribution in [0.3, 0.4) is 0 Å². The van der Waals surface area contributed by atoms with Gasteiger partial charge in [-0.25, -0.2) is 0 Å². The first-order chi connectivity index (χ1) is 4.25.